The molecular weight excluding hydrogens is 230 g/mol. The highest BCUT2D eigenvalue weighted by Crippen LogP contribution is 2.10. The molecule has 0 bridgehead atoms. The average Bonchev–Trinajstić information content (AvgIpc) is 2.76. The standard InChI is InChI=1S/C12H17N5O/c1-4-13-11-5-9(2)15-12(16-11)8-17-7-10(18-3)6-14-17/h5-7H,4,8H2,1-3H3,(H,13,15,16). The average molecular weight is 247 g/mol. The molecule has 2 aromatic rings. The molecule has 2 rings (SSSR count). The van der Waals surface area contributed by atoms with Crippen molar-refractivity contribution in [1.29, 1.82) is 0 Å². The van der Waals surface area contributed by atoms with E-state index in [-0.39, 0.29) is 0 Å². The van der Waals surface area contributed by atoms with Crippen LogP contribution in [0.1, 0.15) is 18.4 Å². The minimum Gasteiger partial charge on any atom is -0.493 e. The predicted molar refractivity (Wildman–Crippen MR) is 68.8 cm³/mol. The van der Waals surface area contributed by atoms with Crippen LogP contribution in [0.2, 0.25) is 0 Å². The summed E-state index contributed by atoms with van der Waals surface area (Å²) < 4.78 is 6.84. The van der Waals surface area contributed by atoms with Crippen molar-refractivity contribution < 1.29 is 4.74 Å². The van der Waals surface area contributed by atoms with Gasteiger partial charge in [0, 0.05) is 18.3 Å². The Kier molecular flexibility index (Phi) is 3.76. The SMILES string of the molecule is CCNc1cc(C)nc(Cn2cc(OC)cn2)n1. The van der Waals surface area contributed by atoms with Crippen LogP contribution in [0.4, 0.5) is 5.82 Å². The predicted octanol–water partition coefficient (Wildman–Crippen LogP) is 1.47. The Balaban J connectivity index is 2.17. The number of anilines is 1. The number of aryl methyl sites for hydroxylation is 1. The van der Waals surface area contributed by atoms with E-state index >= 15 is 0 Å². The maximum absolute atomic E-state index is 5.08. The molecule has 0 amide bonds. The van der Waals surface area contributed by atoms with Gasteiger partial charge in [-0.2, -0.15) is 5.10 Å². The molecule has 0 saturated carbocycles. The molecule has 18 heavy (non-hydrogen) atoms. The van der Waals surface area contributed by atoms with Gasteiger partial charge < -0.3 is 10.1 Å². The van der Waals surface area contributed by atoms with Crippen molar-refractivity contribution >= 4 is 5.82 Å². The number of hydrogen-bond acceptors (Lipinski definition) is 5. The molecule has 0 saturated heterocycles. The van der Waals surface area contributed by atoms with E-state index in [1.807, 2.05) is 26.1 Å². The second kappa shape index (κ2) is 5.48. The third kappa shape index (κ3) is 2.97. The fraction of sp³-hybridized carbons (Fsp3) is 0.417. The first-order valence-electron chi connectivity index (χ1n) is 5.86. The number of ether oxygens (including phenoxy) is 1. The lowest BCUT2D eigenvalue weighted by Crippen LogP contribution is -2.08. The number of aromatic nitrogens is 4. The Morgan fingerprint density at radius 1 is 1.39 bits per heavy atom. The third-order valence-electron chi connectivity index (χ3n) is 2.41. The van der Waals surface area contributed by atoms with Crippen LogP contribution < -0.4 is 10.1 Å². The highest BCUT2D eigenvalue weighted by molar-refractivity contribution is 5.35. The number of methoxy groups -OCH3 is 1. The van der Waals surface area contributed by atoms with Crippen molar-refractivity contribution in [3.05, 3.63) is 30.0 Å². The molecule has 6 heteroatoms. The van der Waals surface area contributed by atoms with E-state index in [2.05, 4.69) is 20.4 Å². The molecule has 0 aliphatic heterocycles. The molecule has 0 atom stereocenters. The van der Waals surface area contributed by atoms with E-state index in [9.17, 15) is 0 Å². The van der Waals surface area contributed by atoms with Crippen LogP contribution in [0.3, 0.4) is 0 Å². The largest absolute Gasteiger partial charge is 0.493 e. The van der Waals surface area contributed by atoms with Gasteiger partial charge in [-0.15, -0.1) is 0 Å². The van der Waals surface area contributed by atoms with Gasteiger partial charge in [0.2, 0.25) is 0 Å². The Bertz CT molecular complexity index is 523. The van der Waals surface area contributed by atoms with E-state index < -0.39 is 0 Å². The summed E-state index contributed by atoms with van der Waals surface area (Å²) in [6.07, 6.45) is 3.49. The second-order valence-corrected chi connectivity index (χ2v) is 3.92. The van der Waals surface area contributed by atoms with Gasteiger partial charge in [0.1, 0.15) is 12.4 Å². The fourth-order valence-electron chi connectivity index (χ4n) is 1.65. The van der Waals surface area contributed by atoms with E-state index in [0.717, 1.165) is 29.6 Å². The lowest BCUT2D eigenvalue weighted by molar-refractivity contribution is 0.414. The summed E-state index contributed by atoms with van der Waals surface area (Å²) in [5, 5.41) is 7.36. The molecule has 0 aromatic carbocycles. The van der Waals surface area contributed by atoms with Gasteiger partial charge in [0.05, 0.1) is 19.5 Å². The molecular formula is C12H17N5O. The number of nitrogens with one attached hydrogen (secondary N) is 1. The first kappa shape index (κ1) is 12.3. The summed E-state index contributed by atoms with van der Waals surface area (Å²) in [4.78, 5) is 8.82. The highest BCUT2D eigenvalue weighted by Gasteiger charge is 2.04. The Morgan fingerprint density at radius 2 is 2.22 bits per heavy atom. The normalized spacial score (nSPS) is 10.4. The molecule has 0 fully saturated rings. The van der Waals surface area contributed by atoms with Crippen LogP contribution in [0.15, 0.2) is 18.5 Å². The molecule has 2 heterocycles. The molecule has 96 valence electrons. The molecule has 0 aliphatic carbocycles. The molecule has 1 N–H and O–H groups in total. The van der Waals surface area contributed by atoms with Gasteiger partial charge >= 0.3 is 0 Å². The molecule has 0 spiro atoms. The topological polar surface area (TPSA) is 64.9 Å². The second-order valence-electron chi connectivity index (χ2n) is 3.92. The quantitative estimate of drug-likeness (QED) is 0.866. The van der Waals surface area contributed by atoms with E-state index in [1.165, 1.54) is 0 Å². The lowest BCUT2D eigenvalue weighted by Gasteiger charge is -2.06. The zero-order valence-electron chi connectivity index (χ0n) is 10.8. The van der Waals surface area contributed by atoms with Crippen molar-refractivity contribution in [2.45, 2.75) is 20.4 Å². The van der Waals surface area contributed by atoms with Crippen molar-refractivity contribution in [2.75, 3.05) is 19.0 Å². The highest BCUT2D eigenvalue weighted by atomic mass is 16.5. The van der Waals surface area contributed by atoms with Gasteiger partial charge in [0.15, 0.2) is 11.6 Å². The fourth-order valence-corrected chi connectivity index (χ4v) is 1.65. The Morgan fingerprint density at radius 3 is 2.89 bits per heavy atom. The Hall–Kier alpha value is -2.11. The number of rotatable bonds is 5. The van der Waals surface area contributed by atoms with Crippen LogP contribution in [-0.2, 0) is 6.54 Å². The molecule has 2 aromatic heterocycles. The van der Waals surface area contributed by atoms with Gasteiger partial charge in [-0.25, -0.2) is 9.97 Å². The maximum Gasteiger partial charge on any atom is 0.156 e. The molecule has 0 radical (unpaired) electrons. The number of hydrogen-bond donors (Lipinski definition) is 1. The van der Waals surface area contributed by atoms with Gasteiger partial charge in [-0.05, 0) is 13.8 Å². The zero-order chi connectivity index (χ0) is 13.0. The summed E-state index contributed by atoms with van der Waals surface area (Å²) in [5.74, 6) is 2.31. The molecule has 0 aliphatic rings. The summed E-state index contributed by atoms with van der Waals surface area (Å²) in [6.45, 7) is 5.36. The summed E-state index contributed by atoms with van der Waals surface area (Å²) >= 11 is 0. The van der Waals surface area contributed by atoms with Gasteiger partial charge in [-0.3, -0.25) is 4.68 Å². The van der Waals surface area contributed by atoms with Crippen LogP contribution >= 0.6 is 0 Å². The van der Waals surface area contributed by atoms with Gasteiger partial charge in [0.25, 0.3) is 0 Å². The van der Waals surface area contributed by atoms with Crippen LogP contribution in [0, 0.1) is 6.92 Å². The smallest absolute Gasteiger partial charge is 0.156 e. The first-order chi connectivity index (χ1) is 8.71. The van der Waals surface area contributed by atoms with E-state index in [1.54, 1.807) is 18.0 Å². The van der Waals surface area contributed by atoms with E-state index in [4.69, 9.17) is 4.74 Å². The first-order valence-corrected chi connectivity index (χ1v) is 5.86. The summed E-state index contributed by atoms with van der Waals surface area (Å²) in [5.41, 5.74) is 0.940. The summed E-state index contributed by atoms with van der Waals surface area (Å²) in [7, 11) is 1.62. The van der Waals surface area contributed by atoms with E-state index in [0.29, 0.717) is 6.54 Å². The number of nitrogens with zero attached hydrogens (tertiary/aromatic N) is 4. The van der Waals surface area contributed by atoms with Crippen LogP contribution in [0.5, 0.6) is 5.75 Å². The van der Waals surface area contributed by atoms with Gasteiger partial charge in [-0.1, -0.05) is 0 Å². The third-order valence-corrected chi connectivity index (χ3v) is 2.41. The zero-order valence-corrected chi connectivity index (χ0v) is 10.8. The summed E-state index contributed by atoms with van der Waals surface area (Å²) in [6, 6.07) is 1.93. The lowest BCUT2D eigenvalue weighted by atomic mass is 10.4. The van der Waals surface area contributed by atoms with Crippen molar-refractivity contribution in [3.8, 4) is 5.75 Å². The van der Waals surface area contributed by atoms with Crippen molar-refractivity contribution in [3.63, 3.8) is 0 Å². The maximum atomic E-state index is 5.08. The minimum atomic E-state index is 0.531. The monoisotopic (exact) mass is 247 g/mol. The Labute approximate surface area is 106 Å². The van der Waals surface area contributed by atoms with Crippen molar-refractivity contribution in [1.82, 2.24) is 19.7 Å². The minimum absolute atomic E-state index is 0.531. The van der Waals surface area contributed by atoms with Crippen LogP contribution in [-0.4, -0.2) is 33.4 Å². The van der Waals surface area contributed by atoms with Crippen LogP contribution in [0.25, 0.3) is 0 Å². The van der Waals surface area contributed by atoms with Crippen molar-refractivity contribution in [2.24, 2.45) is 0 Å². The molecule has 0 unspecified atom stereocenters. The molecule has 6 nitrogen and oxygen atoms in total.